The van der Waals surface area contributed by atoms with Gasteiger partial charge in [0, 0.05) is 26.2 Å². The Hall–Kier alpha value is -0.120. The number of morpholine rings is 1. The van der Waals surface area contributed by atoms with E-state index in [0.29, 0.717) is 12.2 Å². The quantitative estimate of drug-likeness (QED) is 0.707. The topological polar surface area (TPSA) is 24.5 Å². The van der Waals surface area contributed by atoms with Crippen molar-refractivity contribution in [3.8, 4) is 0 Å². The van der Waals surface area contributed by atoms with Crippen LogP contribution in [0.5, 0.6) is 0 Å². The first-order chi connectivity index (χ1) is 6.74. The summed E-state index contributed by atoms with van der Waals surface area (Å²) in [5, 5.41) is 3.42. The minimum Gasteiger partial charge on any atom is -0.371 e. The number of likely N-dealkylation sites (tertiary alicyclic amines) is 1. The molecule has 2 heterocycles. The molecule has 0 aliphatic carbocycles. The molecule has 3 atom stereocenters. The zero-order chi connectivity index (χ0) is 9.97. The highest BCUT2D eigenvalue weighted by atomic mass is 16.5. The summed E-state index contributed by atoms with van der Waals surface area (Å²) in [7, 11) is 0. The molecule has 0 radical (unpaired) electrons. The summed E-state index contributed by atoms with van der Waals surface area (Å²) < 4.78 is 5.88. The smallest absolute Gasteiger partial charge is 0.0830 e. The van der Waals surface area contributed by atoms with E-state index in [0.717, 1.165) is 25.6 Å². The maximum Gasteiger partial charge on any atom is 0.0830 e. The van der Waals surface area contributed by atoms with Crippen molar-refractivity contribution in [2.75, 3.05) is 32.7 Å². The third kappa shape index (κ3) is 2.69. The van der Waals surface area contributed by atoms with Crippen molar-refractivity contribution >= 4 is 0 Å². The second-order valence-electron chi connectivity index (χ2n) is 4.88. The predicted molar refractivity (Wildman–Crippen MR) is 57.4 cm³/mol. The molecule has 2 fully saturated rings. The molecule has 0 saturated carbocycles. The summed E-state index contributed by atoms with van der Waals surface area (Å²) >= 11 is 0. The molecule has 0 spiro atoms. The van der Waals surface area contributed by atoms with Crippen LogP contribution in [0.15, 0.2) is 0 Å². The van der Waals surface area contributed by atoms with E-state index in [1.54, 1.807) is 0 Å². The maximum atomic E-state index is 5.88. The highest BCUT2D eigenvalue weighted by molar-refractivity contribution is 4.79. The van der Waals surface area contributed by atoms with Crippen molar-refractivity contribution in [3.63, 3.8) is 0 Å². The van der Waals surface area contributed by atoms with Gasteiger partial charge in [-0.2, -0.15) is 0 Å². The van der Waals surface area contributed by atoms with E-state index in [2.05, 4.69) is 24.1 Å². The van der Waals surface area contributed by atoms with Gasteiger partial charge in [-0.15, -0.1) is 0 Å². The maximum absolute atomic E-state index is 5.88. The van der Waals surface area contributed by atoms with Crippen molar-refractivity contribution in [2.24, 2.45) is 5.92 Å². The summed E-state index contributed by atoms with van der Waals surface area (Å²) in [6, 6.07) is 0. The lowest BCUT2D eigenvalue weighted by Crippen LogP contribution is -2.48. The van der Waals surface area contributed by atoms with Crippen LogP contribution in [-0.4, -0.2) is 49.8 Å². The summed E-state index contributed by atoms with van der Waals surface area (Å²) in [6.45, 7) is 10.1. The average molecular weight is 198 g/mol. The Labute approximate surface area is 86.8 Å². The van der Waals surface area contributed by atoms with Gasteiger partial charge < -0.3 is 15.0 Å². The number of hydrogen-bond acceptors (Lipinski definition) is 3. The molecule has 1 N–H and O–H groups in total. The zero-order valence-electron chi connectivity index (χ0n) is 9.33. The lowest BCUT2D eigenvalue weighted by atomic mass is 10.2. The molecule has 0 aromatic rings. The molecule has 0 bridgehead atoms. The van der Waals surface area contributed by atoms with Gasteiger partial charge in [0.25, 0.3) is 0 Å². The number of ether oxygens (including phenoxy) is 1. The molecule has 3 nitrogen and oxygen atoms in total. The Balaban J connectivity index is 1.74. The van der Waals surface area contributed by atoms with E-state index in [1.807, 2.05) is 0 Å². The highest BCUT2D eigenvalue weighted by Gasteiger charge is 2.25. The van der Waals surface area contributed by atoms with Crippen LogP contribution >= 0.6 is 0 Å². The van der Waals surface area contributed by atoms with E-state index in [4.69, 9.17) is 4.74 Å². The summed E-state index contributed by atoms with van der Waals surface area (Å²) in [5.41, 5.74) is 0. The van der Waals surface area contributed by atoms with E-state index < -0.39 is 0 Å². The number of nitrogens with one attached hydrogen (secondary N) is 1. The number of hydrogen-bond donors (Lipinski definition) is 1. The molecule has 2 saturated heterocycles. The normalized spacial score (nSPS) is 40.3. The van der Waals surface area contributed by atoms with Gasteiger partial charge in [-0.25, -0.2) is 0 Å². The van der Waals surface area contributed by atoms with Gasteiger partial charge in [0.2, 0.25) is 0 Å². The lowest BCUT2D eigenvalue weighted by molar-refractivity contribution is -0.0400. The summed E-state index contributed by atoms with van der Waals surface area (Å²) in [4.78, 5) is 2.54. The molecule has 2 rings (SSSR count). The Morgan fingerprint density at radius 1 is 1.36 bits per heavy atom. The van der Waals surface area contributed by atoms with Gasteiger partial charge in [-0.3, -0.25) is 0 Å². The molecule has 0 unspecified atom stereocenters. The lowest BCUT2D eigenvalue weighted by Gasteiger charge is -2.31. The number of rotatable bonds is 2. The average Bonchev–Trinajstić information content (AvgIpc) is 2.51. The zero-order valence-corrected chi connectivity index (χ0v) is 9.33. The third-order valence-corrected chi connectivity index (χ3v) is 3.20. The fourth-order valence-corrected chi connectivity index (χ4v) is 2.46. The Morgan fingerprint density at radius 3 is 2.86 bits per heavy atom. The van der Waals surface area contributed by atoms with Gasteiger partial charge in [0.05, 0.1) is 12.2 Å². The van der Waals surface area contributed by atoms with Crippen molar-refractivity contribution in [3.05, 3.63) is 0 Å². The van der Waals surface area contributed by atoms with Gasteiger partial charge in [-0.1, -0.05) is 6.92 Å². The van der Waals surface area contributed by atoms with E-state index >= 15 is 0 Å². The third-order valence-electron chi connectivity index (χ3n) is 3.20. The van der Waals surface area contributed by atoms with Crippen LogP contribution in [0.4, 0.5) is 0 Å². The van der Waals surface area contributed by atoms with Crippen LogP contribution in [0, 0.1) is 5.92 Å². The molecule has 0 aromatic carbocycles. The van der Waals surface area contributed by atoms with E-state index in [1.165, 1.54) is 19.5 Å². The van der Waals surface area contributed by atoms with Crippen molar-refractivity contribution in [1.82, 2.24) is 10.2 Å². The minimum absolute atomic E-state index is 0.383. The van der Waals surface area contributed by atoms with Crippen molar-refractivity contribution in [2.45, 2.75) is 32.5 Å². The van der Waals surface area contributed by atoms with Gasteiger partial charge in [0.15, 0.2) is 0 Å². The van der Waals surface area contributed by atoms with Gasteiger partial charge in [-0.05, 0) is 25.8 Å². The molecule has 0 aromatic heterocycles. The second kappa shape index (κ2) is 4.60. The summed E-state index contributed by atoms with van der Waals surface area (Å²) in [6.07, 6.45) is 2.15. The van der Waals surface area contributed by atoms with E-state index in [-0.39, 0.29) is 0 Å². The van der Waals surface area contributed by atoms with Crippen LogP contribution in [0.2, 0.25) is 0 Å². The van der Waals surface area contributed by atoms with Crippen LogP contribution in [-0.2, 0) is 4.74 Å². The molecule has 0 amide bonds. The Morgan fingerprint density at radius 2 is 2.21 bits per heavy atom. The van der Waals surface area contributed by atoms with Crippen LogP contribution in [0.25, 0.3) is 0 Å². The van der Waals surface area contributed by atoms with Gasteiger partial charge >= 0.3 is 0 Å². The minimum atomic E-state index is 0.383. The van der Waals surface area contributed by atoms with Crippen LogP contribution < -0.4 is 5.32 Å². The molecule has 14 heavy (non-hydrogen) atoms. The first-order valence-corrected chi connectivity index (χ1v) is 5.82. The van der Waals surface area contributed by atoms with Crippen molar-refractivity contribution in [1.29, 1.82) is 0 Å². The predicted octanol–water partition coefficient (Wildman–Crippen LogP) is 0.705. The van der Waals surface area contributed by atoms with Crippen molar-refractivity contribution < 1.29 is 4.74 Å². The standard InChI is InChI=1S/C11H22N2O/c1-9-3-4-13(7-9)8-11-6-12-5-10(2)14-11/h9-12H,3-8H2,1-2H3/t9-,10-,11+/m1/s1. The summed E-state index contributed by atoms with van der Waals surface area (Å²) in [5.74, 6) is 0.879. The molecule has 2 aliphatic rings. The number of nitrogens with zero attached hydrogens (tertiary/aromatic N) is 1. The first kappa shape index (κ1) is 10.4. The molecular weight excluding hydrogens is 176 g/mol. The van der Waals surface area contributed by atoms with E-state index in [9.17, 15) is 0 Å². The fraction of sp³-hybridized carbons (Fsp3) is 1.00. The van der Waals surface area contributed by atoms with Gasteiger partial charge in [0.1, 0.15) is 0 Å². The first-order valence-electron chi connectivity index (χ1n) is 5.82. The molecule has 2 aliphatic heterocycles. The molecular formula is C11H22N2O. The highest BCUT2D eigenvalue weighted by Crippen LogP contribution is 2.16. The Kier molecular flexibility index (Phi) is 3.42. The fourth-order valence-electron chi connectivity index (χ4n) is 2.46. The largest absolute Gasteiger partial charge is 0.371 e. The molecule has 82 valence electrons. The SMILES string of the molecule is C[C@@H]1CCN(C[C@@H]2CNC[C@@H](C)O2)C1. The van der Waals surface area contributed by atoms with Crippen LogP contribution in [0.1, 0.15) is 20.3 Å². The molecule has 3 heteroatoms. The monoisotopic (exact) mass is 198 g/mol. The van der Waals surface area contributed by atoms with Crippen LogP contribution in [0.3, 0.4) is 0 Å². The Bertz CT molecular complexity index is 186. The second-order valence-corrected chi connectivity index (χ2v) is 4.88.